The van der Waals surface area contributed by atoms with Gasteiger partial charge in [0, 0.05) is 11.4 Å². The first-order chi connectivity index (χ1) is 13.2. The molecule has 4 rings (SSSR count). The lowest BCUT2D eigenvalue weighted by Crippen LogP contribution is -2.07. The first kappa shape index (κ1) is 17.1. The van der Waals surface area contributed by atoms with Crippen molar-refractivity contribution in [2.75, 3.05) is 5.73 Å². The number of halogens is 1. The second-order valence-electron chi connectivity index (χ2n) is 6.38. The van der Waals surface area contributed by atoms with Gasteiger partial charge in [-0.05, 0) is 28.0 Å². The van der Waals surface area contributed by atoms with Gasteiger partial charge in [-0.3, -0.25) is 0 Å². The molecule has 0 aliphatic heterocycles. The Morgan fingerprint density at radius 1 is 0.963 bits per heavy atom. The second kappa shape index (κ2) is 7.14. The molecule has 4 nitrogen and oxygen atoms in total. The third kappa shape index (κ3) is 3.25. The number of nitrogen functional groups attached to an aromatic ring is 1. The lowest BCUT2D eigenvalue weighted by atomic mass is 10.00. The summed E-state index contributed by atoms with van der Waals surface area (Å²) in [6.07, 6.45) is 0.546. The third-order valence-corrected chi connectivity index (χ3v) is 5.06. The van der Waals surface area contributed by atoms with Crippen molar-refractivity contribution in [1.29, 1.82) is 5.26 Å². The standard InChI is InChI=1S/C22H17ClN4/c23-20-11-4-2-7-17(20)14-27-22(25)19(13-24)21(26-27)12-16-9-5-8-15-6-1-3-10-18(15)16/h1-11H,12,14,25H2. The number of nitriles is 1. The van der Waals surface area contributed by atoms with Crippen molar-refractivity contribution in [1.82, 2.24) is 9.78 Å². The van der Waals surface area contributed by atoms with E-state index in [0.717, 1.165) is 21.9 Å². The Hall–Kier alpha value is -3.29. The van der Waals surface area contributed by atoms with E-state index in [1.165, 1.54) is 0 Å². The lowest BCUT2D eigenvalue weighted by Gasteiger charge is -2.06. The molecule has 4 aromatic rings. The molecule has 0 aliphatic carbocycles. The van der Waals surface area contributed by atoms with Crippen LogP contribution < -0.4 is 5.73 Å². The van der Waals surface area contributed by atoms with Gasteiger partial charge in [0.15, 0.2) is 0 Å². The van der Waals surface area contributed by atoms with Gasteiger partial charge in [-0.15, -0.1) is 0 Å². The summed E-state index contributed by atoms with van der Waals surface area (Å²) < 4.78 is 1.65. The molecule has 0 unspecified atom stereocenters. The van der Waals surface area contributed by atoms with E-state index >= 15 is 0 Å². The van der Waals surface area contributed by atoms with Crippen LogP contribution in [0.25, 0.3) is 10.8 Å². The number of aromatic nitrogens is 2. The summed E-state index contributed by atoms with van der Waals surface area (Å²) in [5.74, 6) is 0.368. The van der Waals surface area contributed by atoms with Gasteiger partial charge in [0.25, 0.3) is 0 Å². The van der Waals surface area contributed by atoms with E-state index in [1.54, 1.807) is 4.68 Å². The average Bonchev–Trinajstić information content (AvgIpc) is 2.98. The lowest BCUT2D eigenvalue weighted by molar-refractivity contribution is 0.685. The Bertz CT molecular complexity index is 1170. The van der Waals surface area contributed by atoms with Gasteiger partial charge in [0.2, 0.25) is 0 Å². The van der Waals surface area contributed by atoms with Crippen molar-refractivity contribution < 1.29 is 0 Å². The molecule has 0 saturated carbocycles. The van der Waals surface area contributed by atoms with Crippen molar-refractivity contribution in [3.63, 3.8) is 0 Å². The average molecular weight is 373 g/mol. The number of hydrogen-bond acceptors (Lipinski definition) is 3. The molecule has 1 heterocycles. The summed E-state index contributed by atoms with van der Waals surface area (Å²) in [5.41, 5.74) is 9.35. The van der Waals surface area contributed by atoms with Crippen molar-refractivity contribution in [3.8, 4) is 6.07 Å². The number of hydrogen-bond donors (Lipinski definition) is 1. The molecule has 132 valence electrons. The highest BCUT2D eigenvalue weighted by Gasteiger charge is 2.17. The normalized spacial score (nSPS) is 10.8. The van der Waals surface area contributed by atoms with Crippen molar-refractivity contribution in [3.05, 3.63) is 94.1 Å². The molecule has 0 radical (unpaired) electrons. The molecule has 1 aromatic heterocycles. The molecule has 2 N–H and O–H groups in total. The minimum Gasteiger partial charge on any atom is -0.383 e. The molecule has 0 bridgehead atoms. The second-order valence-corrected chi connectivity index (χ2v) is 6.79. The minimum absolute atomic E-state index is 0.368. The summed E-state index contributed by atoms with van der Waals surface area (Å²) in [4.78, 5) is 0. The smallest absolute Gasteiger partial charge is 0.140 e. The van der Waals surface area contributed by atoms with Crippen LogP contribution in [-0.4, -0.2) is 9.78 Å². The fraction of sp³-hybridized carbons (Fsp3) is 0.0909. The Labute approximate surface area is 162 Å². The highest BCUT2D eigenvalue weighted by molar-refractivity contribution is 6.31. The van der Waals surface area contributed by atoms with Crippen LogP contribution in [0.3, 0.4) is 0 Å². The minimum atomic E-state index is 0.368. The number of benzene rings is 3. The van der Waals surface area contributed by atoms with Gasteiger partial charge in [0.1, 0.15) is 17.5 Å². The zero-order valence-electron chi connectivity index (χ0n) is 14.6. The van der Waals surface area contributed by atoms with Crippen LogP contribution >= 0.6 is 11.6 Å². The Morgan fingerprint density at radius 3 is 2.48 bits per heavy atom. The number of nitrogens with zero attached hydrogens (tertiary/aromatic N) is 3. The molecular formula is C22H17ClN4. The highest BCUT2D eigenvalue weighted by atomic mass is 35.5. The first-order valence-electron chi connectivity index (χ1n) is 8.62. The molecule has 0 fully saturated rings. The van der Waals surface area contributed by atoms with Crippen LogP contribution in [-0.2, 0) is 13.0 Å². The molecule has 3 aromatic carbocycles. The Balaban J connectivity index is 1.73. The summed E-state index contributed by atoms with van der Waals surface area (Å²) in [5, 5.41) is 17.2. The third-order valence-electron chi connectivity index (χ3n) is 4.69. The topological polar surface area (TPSA) is 67.6 Å². The maximum Gasteiger partial charge on any atom is 0.140 e. The van der Waals surface area contributed by atoms with Crippen molar-refractivity contribution in [2.24, 2.45) is 0 Å². The summed E-state index contributed by atoms with van der Waals surface area (Å²) >= 11 is 6.26. The fourth-order valence-electron chi connectivity index (χ4n) is 3.31. The zero-order valence-corrected chi connectivity index (χ0v) is 15.3. The van der Waals surface area contributed by atoms with E-state index in [9.17, 15) is 5.26 Å². The Morgan fingerprint density at radius 2 is 1.67 bits per heavy atom. The Kier molecular flexibility index (Phi) is 4.53. The molecule has 27 heavy (non-hydrogen) atoms. The number of rotatable bonds is 4. The monoisotopic (exact) mass is 372 g/mol. The number of fused-ring (bicyclic) bond motifs is 1. The first-order valence-corrected chi connectivity index (χ1v) is 9.00. The van der Waals surface area contributed by atoms with Crippen LogP contribution in [0.15, 0.2) is 66.7 Å². The molecule has 5 heteroatoms. The molecular weight excluding hydrogens is 356 g/mol. The van der Waals surface area contributed by atoms with E-state index in [1.807, 2.05) is 42.5 Å². The fourth-order valence-corrected chi connectivity index (χ4v) is 3.50. The summed E-state index contributed by atoms with van der Waals surface area (Å²) in [7, 11) is 0. The van der Waals surface area contributed by atoms with Gasteiger partial charge >= 0.3 is 0 Å². The van der Waals surface area contributed by atoms with E-state index in [0.29, 0.717) is 35.1 Å². The largest absolute Gasteiger partial charge is 0.383 e. The van der Waals surface area contributed by atoms with E-state index < -0.39 is 0 Å². The SMILES string of the molecule is N#Cc1c(Cc2cccc3ccccc23)nn(Cc2ccccc2Cl)c1N. The predicted molar refractivity (Wildman–Crippen MR) is 109 cm³/mol. The van der Waals surface area contributed by atoms with Crippen molar-refractivity contribution >= 4 is 28.2 Å². The zero-order chi connectivity index (χ0) is 18.8. The van der Waals surface area contributed by atoms with E-state index in [2.05, 4.69) is 35.4 Å². The van der Waals surface area contributed by atoms with Gasteiger partial charge in [0.05, 0.1) is 12.2 Å². The molecule has 0 spiro atoms. The quantitative estimate of drug-likeness (QED) is 0.560. The highest BCUT2D eigenvalue weighted by Crippen LogP contribution is 2.25. The van der Waals surface area contributed by atoms with Crippen LogP contribution in [0.2, 0.25) is 5.02 Å². The maximum atomic E-state index is 9.62. The van der Waals surface area contributed by atoms with Gasteiger partial charge in [-0.25, -0.2) is 4.68 Å². The number of anilines is 1. The molecule has 0 aliphatic rings. The van der Waals surface area contributed by atoms with Crippen LogP contribution in [0, 0.1) is 11.3 Å². The molecule has 0 atom stereocenters. The van der Waals surface area contributed by atoms with E-state index in [-0.39, 0.29) is 0 Å². The van der Waals surface area contributed by atoms with Gasteiger partial charge in [-0.2, -0.15) is 10.4 Å². The number of nitrogens with two attached hydrogens (primary N) is 1. The van der Waals surface area contributed by atoms with Crippen LogP contribution in [0.4, 0.5) is 5.82 Å². The molecule has 0 amide bonds. The van der Waals surface area contributed by atoms with Gasteiger partial charge < -0.3 is 5.73 Å². The van der Waals surface area contributed by atoms with Crippen LogP contribution in [0.1, 0.15) is 22.4 Å². The summed E-state index contributed by atoms with van der Waals surface area (Å²) in [6, 6.07) is 24.1. The summed E-state index contributed by atoms with van der Waals surface area (Å²) in [6.45, 7) is 0.426. The molecule has 0 saturated heterocycles. The maximum absolute atomic E-state index is 9.62. The van der Waals surface area contributed by atoms with Crippen molar-refractivity contribution in [2.45, 2.75) is 13.0 Å². The van der Waals surface area contributed by atoms with Crippen LogP contribution in [0.5, 0.6) is 0 Å². The predicted octanol–water partition coefficient (Wildman–Crippen LogP) is 4.78. The van der Waals surface area contributed by atoms with Gasteiger partial charge in [-0.1, -0.05) is 72.3 Å². The van der Waals surface area contributed by atoms with E-state index in [4.69, 9.17) is 17.3 Å².